The molecule has 0 N–H and O–H groups in total. The minimum absolute atomic E-state index is 0.00226. The average Bonchev–Trinajstić information content (AvgIpc) is 2.69. The fourth-order valence-electron chi connectivity index (χ4n) is 4.68. The highest BCUT2D eigenvalue weighted by Gasteiger charge is 2.30. The second kappa shape index (κ2) is 11.2. The van der Waals surface area contributed by atoms with E-state index in [9.17, 15) is 8.78 Å². The fraction of sp³-hybridized carbons (Fsp3) is 0.826. The maximum Gasteiger partial charge on any atom is 0.198 e. The van der Waals surface area contributed by atoms with E-state index in [4.69, 9.17) is 9.47 Å². The molecule has 0 bridgehead atoms. The van der Waals surface area contributed by atoms with E-state index < -0.39 is 17.8 Å². The Bertz CT molecular complexity index is 499. The van der Waals surface area contributed by atoms with Crippen molar-refractivity contribution >= 4 is 0 Å². The summed E-state index contributed by atoms with van der Waals surface area (Å²) >= 11 is 0. The van der Waals surface area contributed by atoms with Gasteiger partial charge >= 0.3 is 0 Å². The summed E-state index contributed by atoms with van der Waals surface area (Å²) in [6, 6.07) is 0. The van der Waals surface area contributed by atoms with E-state index in [-0.39, 0.29) is 5.76 Å². The van der Waals surface area contributed by atoms with Crippen LogP contribution < -0.4 is 0 Å². The van der Waals surface area contributed by atoms with Crippen molar-refractivity contribution in [2.24, 2.45) is 23.7 Å². The van der Waals surface area contributed by atoms with Crippen LogP contribution in [0.2, 0.25) is 0 Å². The number of halogens is 2. The molecule has 0 aliphatic heterocycles. The highest BCUT2D eigenvalue weighted by molar-refractivity contribution is 5.23. The molecule has 0 aromatic carbocycles. The number of hydrogen-bond donors (Lipinski definition) is 0. The predicted molar refractivity (Wildman–Crippen MR) is 107 cm³/mol. The Kier molecular flexibility index (Phi) is 9.28. The molecule has 1 atom stereocenters. The average molecular weight is 385 g/mol. The zero-order valence-corrected chi connectivity index (χ0v) is 17.6. The van der Waals surface area contributed by atoms with Crippen LogP contribution in [-0.2, 0) is 9.47 Å². The van der Waals surface area contributed by atoms with Crippen LogP contribution in [0.5, 0.6) is 0 Å². The molecule has 27 heavy (non-hydrogen) atoms. The first-order chi connectivity index (χ1) is 13.0. The smallest absolute Gasteiger partial charge is 0.198 e. The van der Waals surface area contributed by atoms with Gasteiger partial charge in [-0.2, -0.15) is 4.39 Å². The summed E-state index contributed by atoms with van der Waals surface area (Å²) in [5.41, 5.74) is 0. The number of rotatable bonds is 8. The molecular formula is C23H38F2O2. The van der Waals surface area contributed by atoms with Crippen molar-refractivity contribution < 1.29 is 18.3 Å². The Hall–Kier alpha value is -0.900. The number of ether oxygens (including phenoxy) is 2. The van der Waals surface area contributed by atoms with Crippen LogP contribution in [0.4, 0.5) is 8.78 Å². The summed E-state index contributed by atoms with van der Waals surface area (Å²) in [7, 11) is 0. The Balaban J connectivity index is 1.78. The molecule has 1 unspecified atom stereocenters. The third-order valence-electron chi connectivity index (χ3n) is 6.55. The van der Waals surface area contributed by atoms with Crippen molar-refractivity contribution in [2.75, 3.05) is 13.2 Å². The number of allylic oxidation sites excluding steroid dienone is 2. The normalized spacial score (nSPS) is 32.0. The van der Waals surface area contributed by atoms with Crippen molar-refractivity contribution in [1.29, 1.82) is 0 Å². The Morgan fingerprint density at radius 1 is 1.00 bits per heavy atom. The lowest BCUT2D eigenvalue weighted by molar-refractivity contribution is 0.0778. The molecule has 0 heterocycles. The third-order valence-corrected chi connectivity index (χ3v) is 6.55. The van der Waals surface area contributed by atoms with Gasteiger partial charge in [-0.3, -0.25) is 0 Å². The molecule has 0 spiro atoms. The molecule has 2 fully saturated rings. The zero-order valence-electron chi connectivity index (χ0n) is 17.6. The lowest BCUT2D eigenvalue weighted by Gasteiger charge is -2.37. The van der Waals surface area contributed by atoms with E-state index in [1.807, 2.05) is 0 Å². The second-order valence-corrected chi connectivity index (χ2v) is 8.52. The Morgan fingerprint density at radius 2 is 1.56 bits per heavy atom. The molecule has 0 aromatic rings. The minimum atomic E-state index is -0.927. The van der Waals surface area contributed by atoms with Gasteiger partial charge < -0.3 is 9.47 Å². The van der Waals surface area contributed by atoms with Crippen LogP contribution in [0.25, 0.3) is 0 Å². The van der Waals surface area contributed by atoms with E-state index in [1.54, 1.807) is 13.8 Å². The summed E-state index contributed by atoms with van der Waals surface area (Å²) in [6.45, 7) is 8.14. The Labute approximate surface area is 164 Å². The summed E-state index contributed by atoms with van der Waals surface area (Å²) in [6.07, 6.45) is 11.0. The van der Waals surface area contributed by atoms with E-state index in [2.05, 4.69) is 6.92 Å². The standard InChI is InChI=1S/C23H38F2O2/c1-5-21(23(25)22(24)17(4)26-6-2)27-15-18-9-13-20(14-10-18)19-11-7-16(3)8-12-19/h5,16-20H,6-15H2,1-4H3/b21-5+,23-22-. The van der Waals surface area contributed by atoms with Crippen molar-refractivity contribution in [3.8, 4) is 0 Å². The van der Waals surface area contributed by atoms with E-state index in [0.29, 0.717) is 19.1 Å². The van der Waals surface area contributed by atoms with Gasteiger partial charge in [0.05, 0.1) is 6.61 Å². The topological polar surface area (TPSA) is 18.5 Å². The van der Waals surface area contributed by atoms with Crippen molar-refractivity contribution in [3.05, 3.63) is 23.5 Å². The lowest BCUT2D eigenvalue weighted by atomic mass is 9.69. The molecule has 156 valence electrons. The zero-order chi connectivity index (χ0) is 19.8. The van der Waals surface area contributed by atoms with Gasteiger partial charge in [0.15, 0.2) is 17.4 Å². The SMILES string of the molecule is C/C=C(OCC1CCC(C2CCC(C)CC2)CC1)\C(F)=C(\F)C(C)OCC. The third kappa shape index (κ3) is 6.58. The largest absolute Gasteiger partial charge is 0.490 e. The summed E-state index contributed by atoms with van der Waals surface area (Å²) in [5.74, 6) is 1.30. The van der Waals surface area contributed by atoms with Crippen LogP contribution >= 0.6 is 0 Å². The van der Waals surface area contributed by atoms with Gasteiger partial charge in [0.2, 0.25) is 0 Å². The van der Waals surface area contributed by atoms with Gasteiger partial charge in [-0.25, -0.2) is 4.39 Å². The quantitative estimate of drug-likeness (QED) is 0.328. The van der Waals surface area contributed by atoms with E-state index in [1.165, 1.54) is 51.5 Å². The first-order valence-corrected chi connectivity index (χ1v) is 10.9. The molecule has 2 aliphatic rings. The highest BCUT2D eigenvalue weighted by atomic mass is 19.2. The molecule has 0 amide bonds. The van der Waals surface area contributed by atoms with Gasteiger partial charge in [-0.1, -0.05) is 19.8 Å². The first-order valence-electron chi connectivity index (χ1n) is 10.9. The number of hydrogen-bond acceptors (Lipinski definition) is 2. The molecule has 0 radical (unpaired) electrons. The van der Waals surface area contributed by atoms with Crippen molar-refractivity contribution in [2.45, 2.75) is 85.2 Å². The predicted octanol–water partition coefficient (Wildman–Crippen LogP) is 7.12. The minimum Gasteiger partial charge on any atom is -0.490 e. The fourth-order valence-corrected chi connectivity index (χ4v) is 4.68. The van der Waals surface area contributed by atoms with Crippen LogP contribution in [0.1, 0.15) is 79.1 Å². The molecule has 2 aliphatic carbocycles. The molecule has 4 heteroatoms. The van der Waals surface area contributed by atoms with Crippen molar-refractivity contribution in [1.82, 2.24) is 0 Å². The van der Waals surface area contributed by atoms with Gasteiger partial charge in [-0.15, -0.1) is 0 Å². The van der Waals surface area contributed by atoms with Crippen LogP contribution in [0.3, 0.4) is 0 Å². The van der Waals surface area contributed by atoms with E-state index in [0.717, 1.165) is 30.6 Å². The summed E-state index contributed by atoms with van der Waals surface area (Å²) in [5, 5.41) is 0. The van der Waals surface area contributed by atoms with Crippen LogP contribution in [0, 0.1) is 23.7 Å². The lowest BCUT2D eigenvalue weighted by Crippen LogP contribution is -2.26. The maximum absolute atomic E-state index is 14.4. The summed E-state index contributed by atoms with van der Waals surface area (Å²) < 4.78 is 39.3. The summed E-state index contributed by atoms with van der Waals surface area (Å²) in [4.78, 5) is 0. The van der Waals surface area contributed by atoms with E-state index >= 15 is 0 Å². The Morgan fingerprint density at radius 3 is 2.07 bits per heavy atom. The van der Waals surface area contributed by atoms with Crippen LogP contribution in [-0.4, -0.2) is 19.3 Å². The molecular weight excluding hydrogens is 346 g/mol. The molecule has 2 saturated carbocycles. The molecule has 2 nitrogen and oxygen atoms in total. The van der Waals surface area contributed by atoms with Crippen LogP contribution in [0.15, 0.2) is 23.5 Å². The highest BCUT2D eigenvalue weighted by Crippen LogP contribution is 2.41. The molecule has 0 saturated heterocycles. The molecule has 2 rings (SSSR count). The van der Waals surface area contributed by atoms with Gasteiger partial charge in [0.1, 0.15) is 6.10 Å². The van der Waals surface area contributed by atoms with Gasteiger partial charge in [0, 0.05) is 6.61 Å². The van der Waals surface area contributed by atoms with Crippen molar-refractivity contribution in [3.63, 3.8) is 0 Å². The molecule has 0 aromatic heterocycles. The van der Waals surface area contributed by atoms with Gasteiger partial charge in [0.25, 0.3) is 0 Å². The monoisotopic (exact) mass is 384 g/mol. The second-order valence-electron chi connectivity index (χ2n) is 8.52. The van der Waals surface area contributed by atoms with Gasteiger partial charge in [-0.05, 0) is 89.0 Å². The maximum atomic E-state index is 14.4. The first kappa shape index (κ1) is 22.4.